The third-order valence-electron chi connectivity index (χ3n) is 3.48. The molecule has 0 radical (unpaired) electrons. The molecule has 0 aliphatic carbocycles. The molecule has 0 amide bonds. The maximum absolute atomic E-state index is 3.62. The summed E-state index contributed by atoms with van der Waals surface area (Å²) in [6, 6.07) is 6.53. The van der Waals surface area contributed by atoms with Crippen molar-refractivity contribution in [3.8, 4) is 0 Å². The molecule has 3 rings (SSSR count). The van der Waals surface area contributed by atoms with Gasteiger partial charge in [-0.3, -0.25) is 9.80 Å². The van der Waals surface area contributed by atoms with Gasteiger partial charge >= 0.3 is 0 Å². The summed E-state index contributed by atoms with van der Waals surface area (Å²) < 4.78 is 1.26. The van der Waals surface area contributed by atoms with Crippen LogP contribution in [0.2, 0.25) is 0 Å². The Morgan fingerprint density at radius 1 is 0.947 bits per heavy atom. The van der Waals surface area contributed by atoms with Crippen LogP contribution in [0.1, 0.15) is 9.75 Å². The van der Waals surface area contributed by atoms with E-state index < -0.39 is 0 Å². The second kappa shape index (κ2) is 6.50. The molecule has 2 aromatic rings. The van der Waals surface area contributed by atoms with Crippen molar-refractivity contribution in [2.45, 2.75) is 13.1 Å². The van der Waals surface area contributed by atoms with Gasteiger partial charge in [0.15, 0.2) is 0 Å². The molecule has 0 atom stereocenters. The summed E-state index contributed by atoms with van der Waals surface area (Å²) in [6.45, 7) is 6.92. The largest absolute Gasteiger partial charge is 0.296 e. The number of hydrogen-bond acceptors (Lipinski definition) is 4. The minimum Gasteiger partial charge on any atom is -0.296 e. The predicted octanol–water partition coefficient (Wildman–Crippen LogP) is 3.89. The van der Waals surface area contributed by atoms with Crippen molar-refractivity contribution in [1.82, 2.24) is 9.80 Å². The van der Waals surface area contributed by atoms with Gasteiger partial charge < -0.3 is 0 Å². The molecule has 2 aromatic heterocycles. The minimum atomic E-state index is 1.09. The van der Waals surface area contributed by atoms with Gasteiger partial charge in [0.1, 0.15) is 0 Å². The smallest absolute Gasteiger partial charge is 0.0340 e. The molecule has 3 heterocycles. The third-order valence-corrected chi connectivity index (χ3v) is 6.25. The minimum absolute atomic E-state index is 1.09. The summed E-state index contributed by atoms with van der Waals surface area (Å²) in [5.41, 5.74) is 0. The molecule has 0 aromatic carbocycles. The van der Waals surface area contributed by atoms with Crippen LogP contribution in [-0.2, 0) is 13.1 Å². The summed E-state index contributed by atoms with van der Waals surface area (Å²) >= 11 is 7.33. The Balaban J connectivity index is 1.48. The first kappa shape index (κ1) is 13.8. The maximum atomic E-state index is 3.62. The second-order valence-electron chi connectivity index (χ2n) is 4.82. The van der Waals surface area contributed by atoms with E-state index in [-0.39, 0.29) is 0 Å². The molecule has 0 N–H and O–H groups in total. The zero-order valence-electron chi connectivity index (χ0n) is 10.7. The van der Waals surface area contributed by atoms with Gasteiger partial charge in [-0.2, -0.15) is 0 Å². The summed E-state index contributed by atoms with van der Waals surface area (Å²) in [5, 5.41) is 4.33. The molecule has 0 spiro atoms. The molecule has 5 heteroatoms. The summed E-state index contributed by atoms with van der Waals surface area (Å²) in [5.74, 6) is 0. The molecular formula is C14H17BrN2S2. The first-order valence-electron chi connectivity index (χ1n) is 6.50. The Kier molecular flexibility index (Phi) is 4.71. The molecule has 0 unspecified atom stereocenters. The number of hydrogen-bond donors (Lipinski definition) is 0. The number of piperazine rings is 1. The van der Waals surface area contributed by atoms with Crippen LogP contribution >= 0.6 is 38.6 Å². The van der Waals surface area contributed by atoms with Crippen LogP contribution in [0, 0.1) is 0 Å². The second-order valence-corrected chi connectivity index (χ2v) is 7.71. The standard InChI is InChI=1S/C14H17BrN2S2/c15-13-3-9-19-14(13)11-17-6-4-16(5-7-17)10-12-2-1-8-18-12/h1-3,8-9H,4-7,10-11H2. The van der Waals surface area contributed by atoms with Crippen LogP contribution in [0.3, 0.4) is 0 Å². The Bertz CT molecular complexity index is 501. The Morgan fingerprint density at radius 2 is 1.68 bits per heavy atom. The molecule has 1 fully saturated rings. The molecule has 2 nitrogen and oxygen atoms in total. The number of thiophene rings is 2. The lowest BCUT2D eigenvalue weighted by molar-refractivity contribution is 0.123. The molecule has 1 aliphatic rings. The van der Waals surface area contributed by atoms with E-state index in [1.165, 1.54) is 40.4 Å². The fraction of sp³-hybridized carbons (Fsp3) is 0.429. The van der Waals surface area contributed by atoms with Crippen LogP contribution in [0.25, 0.3) is 0 Å². The topological polar surface area (TPSA) is 6.48 Å². The first-order valence-corrected chi connectivity index (χ1v) is 9.05. The predicted molar refractivity (Wildman–Crippen MR) is 86.9 cm³/mol. The maximum Gasteiger partial charge on any atom is 0.0340 e. The number of halogens is 1. The first-order chi connectivity index (χ1) is 9.31. The third kappa shape index (κ3) is 3.67. The van der Waals surface area contributed by atoms with Gasteiger partial charge in [-0.1, -0.05) is 6.07 Å². The van der Waals surface area contributed by atoms with Gasteiger partial charge in [-0.15, -0.1) is 22.7 Å². The number of nitrogens with zero attached hydrogens (tertiary/aromatic N) is 2. The van der Waals surface area contributed by atoms with Gasteiger partial charge in [0, 0.05) is 53.5 Å². The summed E-state index contributed by atoms with van der Waals surface area (Å²) in [7, 11) is 0. The Labute approximate surface area is 130 Å². The highest BCUT2D eigenvalue weighted by Gasteiger charge is 2.18. The van der Waals surface area contributed by atoms with Crippen LogP contribution in [-0.4, -0.2) is 36.0 Å². The van der Waals surface area contributed by atoms with E-state index in [4.69, 9.17) is 0 Å². The van der Waals surface area contributed by atoms with Crippen molar-refractivity contribution in [2.75, 3.05) is 26.2 Å². The molecule has 0 bridgehead atoms. The zero-order chi connectivity index (χ0) is 13.1. The van der Waals surface area contributed by atoms with Gasteiger partial charge in [-0.05, 0) is 38.8 Å². The van der Waals surface area contributed by atoms with Crippen LogP contribution < -0.4 is 0 Å². The lowest BCUT2D eigenvalue weighted by Gasteiger charge is -2.34. The average molecular weight is 357 g/mol. The highest BCUT2D eigenvalue weighted by atomic mass is 79.9. The lowest BCUT2D eigenvalue weighted by Crippen LogP contribution is -2.45. The van der Waals surface area contributed by atoms with Crippen molar-refractivity contribution in [1.29, 1.82) is 0 Å². The lowest BCUT2D eigenvalue weighted by atomic mass is 10.3. The molecular weight excluding hydrogens is 340 g/mol. The van der Waals surface area contributed by atoms with E-state index in [9.17, 15) is 0 Å². The molecule has 19 heavy (non-hydrogen) atoms. The molecule has 0 saturated carbocycles. The van der Waals surface area contributed by atoms with Gasteiger partial charge in [-0.25, -0.2) is 0 Å². The Morgan fingerprint density at radius 3 is 2.26 bits per heavy atom. The van der Waals surface area contributed by atoms with E-state index in [1.54, 1.807) is 0 Å². The van der Waals surface area contributed by atoms with Crippen molar-refractivity contribution in [3.63, 3.8) is 0 Å². The quantitative estimate of drug-likeness (QED) is 0.819. The van der Waals surface area contributed by atoms with E-state index in [2.05, 4.69) is 54.7 Å². The average Bonchev–Trinajstić information content (AvgIpc) is 3.05. The van der Waals surface area contributed by atoms with Crippen LogP contribution in [0.5, 0.6) is 0 Å². The van der Waals surface area contributed by atoms with Gasteiger partial charge in [0.05, 0.1) is 0 Å². The molecule has 1 saturated heterocycles. The molecule has 1 aliphatic heterocycles. The van der Waals surface area contributed by atoms with Gasteiger partial charge in [0.25, 0.3) is 0 Å². The van der Waals surface area contributed by atoms with E-state index >= 15 is 0 Å². The van der Waals surface area contributed by atoms with E-state index in [0.29, 0.717) is 0 Å². The monoisotopic (exact) mass is 356 g/mol. The zero-order valence-corrected chi connectivity index (χ0v) is 13.9. The van der Waals surface area contributed by atoms with Gasteiger partial charge in [0.2, 0.25) is 0 Å². The van der Waals surface area contributed by atoms with Crippen molar-refractivity contribution < 1.29 is 0 Å². The van der Waals surface area contributed by atoms with Crippen LogP contribution in [0.15, 0.2) is 33.4 Å². The normalized spacial score (nSPS) is 17.9. The Hall–Kier alpha value is -0.200. The molecule has 102 valence electrons. The van der Waals surface area contributed by atoms with Crippen molar-refractivity contribution >= 4 is 38.6 Å². The van der Waals surface area contributed by atoms with Crippen LogP contribution in [0.4, 0.5) is 0 Å². The summed E-state index contributed by atoms with van der Waals surface area (Å²) in [4.78, 5) is 8.05. The SMILES string of the molecule is Brc1ccsc1CN1CCN(Cc2cccs2)CC1. The van der Waals surface area contributed by atoms with E-state index in [0.717, 1.165) is 13.1 Å². The summed E-state index contributed by atoms with van der Waals surface area (Å²) in [6.07, 6.45) is 0. The van der Waals surface area contributed by atoms with Crippen molar-refractivity contribution in [3.05, 3.63) is 43.2 Å². The highest BCUT2D eigenvalue weighted by Crippen LogP contribution is 2.24. The highest BCUT2D eigenvalue weighted by molar-refractivity contribution is 9.10. The number of rotatable bonds is 4. The fourth-order valence-electron chi connectivity index (χ4n) is 2.37. The fourth-order valence-corrected chi connectivity index (χ4v) is 4.63. The van der Waals surface area contributed by atoms with Crippen molar-refractivity contribution in [2.24, 2.45) is 0 Å². The van der Waals surface area contributed by atoms with E-state index in [1.807, 2.05) is 22.7 Å².